The van der Waals surface area contributed by atoms with Crippen LogP contribution in [0, 0.1) is 13.8 Å². The monoisotopic (exact) mass is 448 g/mol. The summed E-state index contributed by atoms with van der Waals surface area (Å²) < 4.78 is 34.6. The number of hydrogen-bond acceptors (Lipinski definition) is 5. The number of piperidine rings is 1. The van der Waals surface area contributed by atoms with E-state index < -0.39 is 11.5 Å². The fourth-order valence-corrected chi connectivity index (χ4v) is 4.76. The van der Waals surface area contributed by atoms with Gasteiger partial charge in [-0.1, -0.05) is 12.1 Å². The first-order chi connectivity index (χ1) is 15.2. The van der Waals surface area contributed by atoms with Crippen molar-refractivity contribution < 1.29 is 18.6 Å². The molecule has 0 radical (unpaired) electrons. The van der Waals surface area contributed by atoms with E-state index in [1.807, 2.05) is 35.6 Å². The van der Waals surface area contributed by atoms with Crippen LogP contribution in [-0.2, 0) is 13.1 Å². The van der Waals surface area contributed by atoms with Crippen LogP contribution in [-0.4, -0.2) is 75.5 Å². The zero-order valence-corrected chi connectivity index (χ0v) is 19.1. The first-order valence-corrected chi connectivity index (χ1v) is 11.5. The third-order valence-corrected chi connectivity index (χ3v) is 6.52. The number of hydrogen-bond donors (Lipinski definition) is 1. The smallest absolute Gasteiger partial charge is 0.250 e. The Morgan fingerprint density at radius 2 is 1.72 bits per heavy atom. The molecule has 3 heterocycles. The lowest BCUT2D eigenvalue weighted by atomic mass is 10.00. The quantitative estimate of drug-likeness (QED) is 0.672. The average molecular weight is 449 g/mol. The summed E-state index contributed by atoms with van der Waals surface area (Å²) in [6.45, 7) is 8.62. The number of alkyl halides is 2. The summed E-state index contributed by atoms with van der Waals surface area (Å²) in [6, 6.07) is 10.1. The second kappa shape index (κ2) is 9.45. The van der Waals surface area contributed by atoms with Crippen LogP contribution in [0.3, 0.4) is 0 Å². The van der Waals surface area contributed by atoms with Gasteiger partial charge in [-0.3, -0.25) is 14.5 Å². The standard InChI is InChI=1S/C24H34F2N4O2/c1-19-15-20(2)30(27-19)13-14-32-22-5-3-21(4-6-22)16-29-10-7-23(31,18-29)17-28-11-8-24(25,26)9-12-28/h3-6,15,31H,7-14,16-18H2,1-2H3. The number of benzene rings is 1. The summed E-state index contributed by atoms with van der Waals surface area (Å²) >= 11 is 0. The van der Waals surface area contributed by atoms with Gasteiger partial charge in [0.05, 0.1) is 17.8 Å². The lowest BCUT2D eigenvalue weighted by Gasteiger charge is -2.36. The zero-order chi connectivity index (χ0) is 22.8. The van der Waals surface area contributed by atoms with Crippen molar-refractivity contribution in [3.8, 4) is 5.75 Å². The Morgan fingerprint density at radius 3 is 2.38 bits per heavy atom. The van der Waals surface area contributed by atoms with Gasteiger partial charge in [-0.05, 0) is 44.0 Å². The second-order valence-electron chi connectivity index (χ2n) is 9.46. The maximum atomic E-state index is 13.4. The van der Waals surface area contributed by atoms with Gasteiger partial charge in [-0.25, -0.2) is 8.78 Å². The largest absolute Gasteiger partial charge is 0.492 e. The van der Waals surface area contributed by atoms with Crippen molar-refractivity contribution >= 4 is 0 Å². The maximum Gasteiger partial charge on any atom is 0.250 e. The van der Waals surface area contributed by atoms with Gasteiger partial charge in [0, 0.05) is 57.8 Å². The molecule has 2 aromatic rings. The van der Waals surface area contributed by atoms with Crippen molar-refractivity contribution in [2.45, 2.75) is 57.7 Å². The molecule has 0 aliphatic carbocycles. The molecule has 1 N–H and O–H groups in total. The first kappa shape index (κ1) is 23.1. The molecule has 4 rings (SSSR count). The molecule has 2 saturated heterocycles. The molecule has 8 heteroatoms. The first-order valence-electron chi connectivity index (χ1n) is 11.5. The summed E-state index contributed by atoms with van der Waals surface area (Å²) in [7, 11) is 0. The minimum absolute atomic E-state index is 0.109. The van der Waals surface area contributed by atoms with Crippen molar-refractivity contribution in [1.29, 1.82) is 0 Å². The fraction of sp³-hybridized carbons (Fsp3) is 0.625. The van der Waals surface area contributed by atoms with E-state index in [1.165, 1.54) is 0 Å². The summed E-state index contributed by atoms with van der Waals surface area (Å²) in [5, 5.41) is 15.4. The molecule has 32 heavy (non-hydrogen) atoms. The summed E-state index contributed by atoms with van der Waals surface area (Å²) in [5.74, 6) is -1.72. The Bertz CT molecular complexity index is 892. The van der Waals surface area contributed by atoms with Crippen molar-refractivity contribution in [3.05, 3.63) is 47.3 Å². The minimum atomic E-state index is -2.55. The molecule has 1 aromatic heterocycles. The third kappa shape index (κ3) is 6.05. The van der Waals surface area contributed by atoms with E-state index in [4.69, 9.17) is 4.74 Å². The Labute approximate surface area is 188 Å². The molecule has 6 nitrogen and oxygen atoms in total. The lowest BCUT2D eigenvalue weighted by molar-refractivity contribution is -0.0724. The maximum absolute atomic E-state index is 13.4. The van der Waals surface area contributed by atoms with Crippen molar-refractivity contribution in [3.63, 3.8) is 0 Å². The number of β-amino-alcohol motifs (C(OH)–C–C–N with tert-alkyl or cyclic N) is 1. The van der Waals surface area contributed by atoms with E-state index in [1.54, 1.807) is 0 Å². The van der Waals surface area contributed by atoms with Crippen molar-refractivity contribution in [1.82, 2.24) is 19.6 Å². The van der Waals surface area contributed by atoms with Crippen LogP contribution in [0.5, 0.6) is 5.75 Å². The number of aliphatic hydroxyl groups is 1. The molecule has 2 aliphatic heterocycles. The van der Waals surface area contributed by atoms with Gasteiger partial charge in [0.2, 0.25) is 0 Å². The highest BCUT2D eigenvalue weighted by molar-refractivity contribution is 5.27. The third-order valence-electron chi connectivity index (χ3n) is 6.52. The Kier molecular flexibility index (Phi) is 6.83. The minimum Gasteiger partial charge on any atom is -0.492 e. The Balaban J connectivity index is 1.21. The highest BCUT2D eigenvalue weighted by Gasteiger charge is 2.40. The molecule has 0 spiro atoms. The normalized spacial score (nSPS) is 24.2. The van der Waals surface area contributed by atoms with E-state index in [2.05, 4.69) is 28.2 Å². The number of aromatic nitrogens is 2. The molecular formula is C24H34F2N4O2. The number of ether oxygens (including phenoxy) is 1. The van der Waals surface area contributed by atoms with E-state index in [9.17, 15) is 13.9 Å². The second-order valence-corrected chi connectivity index (χ2v) is 9.46. The van der Waals surface area contributed by atoms with E-state index in [0.717, 1.165) is 35.8 Å². The molecule has 0 amide bonds. The van der Waals surface area contributed by atoms with Crippen molar-refractivity contribution in [2.24, 2.45) is 0 Å². The van der Waals surface area contributed by atoms with Crippen LogP contribution in [0.2, 0.25) is 0 Å². The van der Waals surface area contributed by atoms with Gasteiger partial charge in [0.25, 0.3) is 5.92 Å². The predicted molar refractivity (Wildman–Crippen MR) is 119 cm³/mol. The van der Waals surface area contributed by atoms with Crippen LogP contribution in [0.25, 0.3) is 0 Å². The topological polar surface area (TPSA) is 53.8 Å². The van der Waals surface area contributed by atoms with Crippen molar-refractivity contribution in [2.75, 3.05) is 39.3 Å². The van der Waals surface area contributed by atoms with Gasteiger partial charge in [0.15, 0.2) is 0 Å². The van der Waals surface area contributed by atoms with Crippen LogP contribution in [0.15, 0.2) is 30.3 Å². The molecule has 0 saturated carbocycles. The van der Waals surface area contributed by atoms with Crippen LogP contribution < -0.4 is 4.74 Å². The molecule has 1 aromatic carbocycles. The molecular weight excluding hydrogens is 414 g/mol. The van der Waals surface area contributed by atoms with Crippen LogP contribution in [0.1, 0.15) is 36.2 Å². The highest BCUT2D eigenvalue weighted by atomic mass is 19.3. The molecule has 176 valence electrons. The summed E-state index contributed by atoms with van der Waals surface area (Å²) in [4.78, 5) is 4.22. The summed E-state index contributed by atoms with van der Waals surface area (Å²) in [5.41, 5.74) is 2.49. The zero-order valence-electron chi connectivity index (χ0n) is 19.1. The number of aryl methyl sites for hydroxylation is 2. The number of halogens is 2. The molecule has 0 bridgehead atoms. The predicted octanol–water partition coefficient (Wildman–Crippen LogP) is 3.25. The Morgan fingerprint density at radius 1 is 1.03 bits per heavy atom. The average Bonchev–Trinajstić information content (AvgIpc) is 3.26. The van der Waals surface area contributed by atoms with Gasteiger partial charge < -0.3 is 9.84 Å². The van der Waals surface area contributed by atoms with E-state index in [-0.39, 0.29) is 12.8 Å². The van der Waals surface area contributed by atoms with E-state index >= 15 is 0 Å². The number of nitrogens with zero attached hydrogens (tertiary/aromatic N) is 4. The molecule has 1 unspecified atom stereocenters. The van der Waals surface area contributed by atoms with Gasteiger partial charge in [-0.15, -0.1) is 0 Å². The van der Waals surface area contributed by atoms with Gasteiger partial charge >= 0.3 is 0 Å². The van der Waals surface area contributed by atoms with Gasteiger partial charge in [0.1, 0.15) is 12.4 Å². The molecule has 2 fully saturated rings. The fourth-order valence-electron chi connectivity index (χ4n) is 4.76. The SMILES string of the molecule is Cc1cc(C)n(CCOc2ccc(CN3CCC(O)(CN4CCC(F)(F)CC4)C3)cc2)n1. The molecule has 2 aliphatic rings. The van der Waals surface area contributed by atoms with Gasteiger partial charge in [-0.2, -0.15) is 5.10 Å². The number of likely N-dealkylation sites (tertiary alicyclic amines) is 2. The highest BCUT2D eigenvalue weighted by Crippen LogP contribution is 2.30. The van der Waals surface area contributed by atoms with E-state index in [0.29, 0.717) is 45.8 Å². The van der Waals surface area contributed by atoms with Crippen LogP contribution in [0.4, 0.5) is 8.78 Å². The lowest BCUT2D eigenvalue weighted by Crippen LogP contribution is -2.49. The van der Waals surface area contributed by atoms with Crippen LogP contribution >= 0.6 is 0 Å². The molecule has 1 atom stereocenters. The number of rotatable bonds is 8. The Hall–Kier alpha value is -2.03. The summed E-state index contributed by atoms with van der Waals surface area (Å²) in [6.07, 6.45) is 0.457.